The topological polar surface area (TPSA) is 110 Å². The lowest BCUT2D eigenvalue weighted by Gasteiger charge is -1.86. The van der Waals surface area contributed by atoms with Crippen molar-refractivity contribution in [3.05, 3.63) is 15.6 Å². The number of hydrogen-bond acceptors (Lipinski definition) is 5. The Morgan fingerprint density at radius 2 is 2.36 bits per heavy atom. The average Bonchev–Trinajstić information content (AvgIpc) is 2.17. The zero-order chi connectivity index (χ0) is 8.59. The highest BCUT2D eigenvalue weighted by Gasteiger charge is 2.18. The number of aromatic nitrogens is 3. The highest BCUT2D eigenvalue weighted by atomic mass is 16.6. The molecule has 1 aromatic heterocycles. The normalized spacial score (nSPS) is 9.91. The minimum Gasteiger partial charge on any atom is -0.409 e. The van der Waals surface area contributed by atoms with E-state index in [9.17, 15) is 10.1 Å². The fourth-order valence-electron chi connectivity index (χ4n) is 0.584. The second kappa shape index (κ2) is 2.08. The number of aryl methyl sites for hydroxylation is 1. The van der Waals surface area contributed by atoms with Gasteiger partial charge < -0.3 is 15.3 Å². The standard InChI is InChI=1S/C3H5N5O3/c1-6-5-3(8(10)11)2(4)7(6)9/h4,9H,1H3. The Kier molecular flexibility index (Phi) is 1.37. The first-order valence-corrected chi connectivity index (χ1v) is 2.58. The Morgan fingerprint density at radius 3 is 2.55 bits per heavy atom. The van der Waals surface area contributed by atoms with Gasteiger partial charge in [-0.3, -0.25) is 5.41 Å². The second-order valence-electron chi connectivity index (χ2n) is 1.81. The number of nitro groups is 1. The second-order valence-corrected chi connectivity index (χ2v) is 1.81. The van der Waals surface area contributed by atoms with Crippen LogP contribution in [-0.4, -0.2) is 24.9 Å². The summed E-state index contributed by atoms with van der Waals surface area (Å²) in [5, 5.41) is 29.1. The molecule has 1 heterocycles. The summed E-state index contributed by atoms with van der Waals surface area (Å²) in [6, 6.07) is 0. The molecule has 0 aromatic carbocycles. The zero-order valence-electron chi connectivity index (χ0n) is 5.55. The van der Waals surface area contributed by atoms with E-state index in [1.54, 1.807) is 0 Å². The van der Waals surface area contributed by atoms with Gasteiger partial charge in [0, 0.05) is 0 Å². The Balaban J connectivity index is 3.42. The van der Waals surface area contributed by atoms with Crippen molar-refractivity contribution in [3.63, 3.8) is 0 Å². The molecular formula is C3H5N5O3. The lowest BCUT2D eigenvalue weighted by atomic mass is 10.7. The summed E-state index contributed by atoms with van der Waals surface area (Å²) in [6.07, 6.45) is 0. The van der Waals surface area contributed by atoms with Crippen molar-refractivity contribution in [2.24, 2.45) is 7.05 Å². The Bertz CT molecular complexity index is 348. The predicted molar refractivity (Wildman–Crippen MR) is 30.9 cm³/mol. The molecule has 0 aliphatic heterocycles. The van der Waals surface area contributed by atoms with Gasteiger partial charge in [0.2, 0.25) is 0 Å². The van der Waals surface area contributed by atoms with Gasteiger partial charge in [-0.05, 0) is 4.92 Å². The van der Waals surface area contributed by atoms with Gasteiger partial charge in [0.25, 0.3) is 5.49 Å². The van der Waals surface area contributed by atoms with Crippen LogP contribution in [0.5, 0.6) is 0 Å². The summed E-state index contributed by atoms with van der Waals surface area (Å²) in [6.45, 7) is 0. The quantitative estimate of drug-likeness (QED) is 0.306. The van der Waals surface area contributed by atoms with Gasteiger partial charge in [0.15, 0.2) is 0 Å². The van der Waals surface area contributed by atoms with Crippen LogP contribution in [-0.2, 0) is 7.05 Å². The highest BCUT2D eigenvalue weighted by Crippen LogP contribution is 1.94. The van der Waals surface area contributed by atoms with Gasteiger partial charge in [-0.2, -0.15) is 0 Å². The predicted octanol–water partition coefficient (Wildman–Crippen LogP) is -1.15. The van der Waals surface area contributed by atoms with Crippen LogP contribution < -0.4 is 5.49 Å². The SMILES string of the molecule is Cn1nc([N+](=O)[O-])c(=N)n1O. The molecule has 0 aliphatic carbocycles. The maximum atomic E-state index is 10.1. The molecule has 8 heteroatoms. The lowest BCUT2D eigenvalue weighted by Crippen LogP contribution is -2.19. The van der Waals surface area contributed by atoms with E-state index >= 15 is 0 Å². The van der Waals surface area contributed by atoms with Crippen LogP contribution in [0.1, 0.15) is 0 Å². The summed E-state index contributed by atoms with van der Waals surface area (Å²) in [5.74, 6) is -0.671. The first kappa shape index (κ1) is 7.25. The summed E-state index contributed by atoms with van der Waals surface area (Å²) in [5.41, 5.74) is -0.641. The Labute approximate surface area is 59.9 Å². The minimum atomic E-state index is -0.838. The van der Waals surface area contributed by atoms with Gasteiger partial charge in [0.05, 0.1) is 12.1 Å². The first-order chi connectivity index (χ1) is 5.04. The van der Waals surface area contributed by atoms with Gasteiger partial charge in [-0.25, -0.2) is 0 Å². The van der Waals surface area contributed by atoms with Gasteiger partial charge in [-0.1, -0.05) is 9.64 Å². The van der Waals surface area contributed by atoms with E-state index in [1.807, 2.05) is 0 Å². The molecule has 0 aliphatic rings. The molecule has 0 atom stereocenters. The highest BCUT2D eigenvalue weighted by molar-refractivity contribution is 5.07. The monoisotopic (exact) mass is 159 g/mol. The van der Waals surface area contributed by atoms with Crippen molar-refractivity contribution in [2.45, 2.75) is 0 Å². The minimum absolute atomic E-state index is 0.276. The van der Waals surface area contributed by atoms with Crippen LogP contribution in [0.25, 0.3) is 0 Å². The van der Waals surface area contributed by atoms with Gasteiger partial charge in [0.1, 0.15) is 0 Å². The number of rotatable bonds is 1. The van der Waals surface area contributed by atoms with E-state index in [1.165, 1.54) is 7.05 Å². The van der Waals surface area contributed by atoms with Crippen LogP contribution in [0.3, 0.4) is 0 Å². The zero-order valence-corrected chi connectivity index (χ0v) is 5.55. The Morgan fingerprint density at radius 1 is 1.82 bits per heavy atom. The number of hydrogen-bond donors (Lipinski definition) is 2. The van der Waals surface area contributed by atoms with Crippen molar-refractivity contribution < 1.29 is 10.1 Å². The molecule has 0 radical (unpaired) electrons. The summed E-state index contributed by atoms with van der Waals surface area (Å²) >= 11 is 0. The number of nitrogens with one attached hydrogen (secondary N) is 1. The molecule has 8 nitrogen and oxygen atoms in total. The van der Waals surface area contributed by atoms with Crippen LogP contribution in [0.15, 0.2) is 0 Å². The molecule has 1 aromatic rings. The smallest absolute Gasteiger partial charge is 0.409 e. The molecule has 2 N–H and O–H groups in total. The number of nitrogens with zero attached hydrogens (tertiary/aromatic N) is 4. The molecule has 60 valence electrons. The summed E-state index contributed by atoms with van der Waals surface area (Å²) in [7, 11) is 1.28. The maximum absolute atomic E-state index is 10.1. The molecule has 0 spiro atoms. The molecular weight excluding hydrogens is 154 g/mol. The maximum Gasteiger partial charge on any atom is 0.437 e. The fraction of sp³-hybridized carbons (Fsp3) is 0.333. The van der Waals surface area contributed by atoms with E-state index in [0.29, 0.717) is 0 Å². The molecule has 0 saturated heterocycles. The third kappa shape index (κ3) is 0.933. The summed E-state index contributed by atoms with van der Waals surface area (Å²) in [4.78, 5) is 10.3. The van der Waals surface area contributed by atoms with Gasteiger partial charge >= 0.3 is 5.82 Å². The van der Waals surface area contributed by atoms with E-state index in [-0.39, 0.29) is 4.85 Å². The van der Waals surface area contributed by atoms with Crippen LogP contribution in [0.4, 0.5) is 5.82 Å². The van der Waals surface area contributed by atoms with Crippen molar-refractivity contribution >= 4 is 5.82 Å². The first-order valence-electron chi connectivity index (χ1n) is 2.58. The summed E-state index contributed by atoms with van der Waals surface area (Å²) < 4.78 is 0. The van der Waals surface area contributed by atoms with Crippen LogP contribution >= 0.6 is 0 Å². The largest absolute Gasteiger partial charge is 0.437 e. The van der Waals surface area contributed by atoms with E-state index in [2.05, 4.69) is 5.10 Å². The molecule has 0 fully saturated rings. The lowest BCUT2D eigenvalue weighted by molar-refractivity contribution is -0.391. The third-order valence-electron chi connectivity index (χ3n) is 1.10. The van der Waals surface area contributed by atoms with E-state index < -0.39 is 16.2 Å². The molecule has 0 bridgehead atoms. The van der Waals surface area contributed by atoms with Crippen LogP contribution in [0, 0.1) is 15.5 Å². The molecule has 1 rings (SSSR count). The van der Waals surface area contributed by atoms with Crippen molar-refractivity contribution in [3.8, 4) is 0 Å². The average molecular weight is 159 g/mol. The fourth-order valence-corrected chi connectivity index (χ4v) is 0.584. The van der Waals surface area contributed by atoms with E-state index in [4.69, 9.17) is 10.6 Å². The van der Waals surface area contributed by atoms with Crippen LogP contribution in [0.2, 0.25) is 0 Å². The Hall–Kier alpha value is -1.86. The molecule has 0 unspecified atom stereocenters. The molecule has 11 heavy (non-hydrogen) atoms. The molecule has 0 amide bonds. The van der Waals surface area contributed by atoms with Crippen molar-refractivity contribution in [1.82, 2.24) is 14.7 Å². The van der Waals surface area contributed by atoms with Crippen molar-refractivity contribution in [1.29, 1.82) is 5.41 Å². The van der Waals surface area contributed by atoms with Gasteiger partial charge in [-0.15, -0.1) is 0 Å². The third-order valence-corrected chi connectivity index (χ3v) is 1.10. The van der Waals surface area contributed by atoms with E-state index in [0.717, 1.165) is 4.80 Å². The van der Waals surface area contributed by atoms with Crippen molar-refractivity contribution in [2.75, 3.05) is 0 Å². The molecule has 0 saturated carbocycles.